The van der Waals surface area contributed by atoms with Gasteiger partial charge >= 0.3 is 0 Å². The van der Waals surface area contributed by atoms with E-state index in [0.717, 1.165) is 32.2 Å². The second-order valence-electron chi connectivity index (χ2n) is 6.93. The van der Waals surface area contributed by atoms with Crippen molar-refractivity contribution < 1.29 is 9.53 Å². The number of carbonyl (C=O) groups excluding carboxylic acids is 1. The minimum atomic E-state index is -0.181. The zero-order valence-corrected chi connectivity index (χ0v) is 17.3. The number of para-hydroxylation sites is 3. The average Bonchev–Trinajstić information content (AvgIpc) is 3.25. The lowest BCUT2D eigenvalue weighted by atomic mass is 10.1. The molecular weight excluding hydrogens is 404 g/mol. The van der Waals surface area contributed by atoms with Crippen molar-refractivity contribution in [3.63, 3.8) is 0 Å². The Labute approximate surface area is 183 Å². The minimum Gasteiger partial charge on any atom is -0.457 e. The van der Waals surface area contributed by atoms with E-state index in [-0.39, 0.29) is 5.91 Å². The van der Waals surface area contributed by atoms with Gasteiger partial charge in [0.15, 0.2) is 0 Å². The quantitative estimate of drug-likeness (QED) is 0.331. The number of nitrogens with zero attached hydrogens (tertiary/aromatic N) is 1. The molecule has 31 heavy (non-hydrogen) atoms. The SMILES string of the molecule is O=C(Nc1ccccc1-c1nc2ccccc2s1)c1ccc(Oc2ccccc2)cc1. The number of anilines is 1. The lowest BCUT2D eigenvalue weighted by molar-refractivity contribution is 0.102. The van der Waals surface area contributed by atoms with E-state index < -0.39 is 0 Å². The molecule has 0 aliphatic rings. The molecule has 5 rings (SSSR count). The van der Waals surface area contributed by atoms with Crippen LogP contribution in [0.1, 0.15) is 10.4 Å². The summed E-state index contributed by atoms with van der Waals surface area (Å²) in [5.74, 6) is 1.25. The Bertz CT molecular complexity index is 1310. The maximum Gasteiger partial charge on any atom is 0.255 e. The van der Waals surface area contributed by atoms with Crippen molar-refractivity contribution in [2.45, 2.75) is 0 Å². The second-order valence-corrected chi connectivity index (χ2v) is 7.96. The Morgan fingerprint density at radius 2 is 1.42 bits per heavy atom. The molecule has 0 aliphatic carbocycles. The third kappa shape index (κ3) is 4.17. The maximum absolute atomic E-state index is 12.9. The average molecular weight is 423 g/mol. The zero-order chi connectivity index (χ0) is 21.0. The molecule has 0 spiro atoms. The first-order valence-corrected chi connectivity index (χ1v) is 10.7. The first-order valence-electron chi connectivity index (χ1n) is 9.85. The molecule has 0 aliphatic heterocycles. The molecule has 150 valence electrons. The second kappa shape index (κ2) is 8.42. The molecule has 5 aromatic rings. The highest BCUT2D eigenvalue weighted by Gasteiger charge is 2.13. The summed E-state index contributed by atoms with van der Waals surface area (Å²) < 4.78 is 6.92. The van der Waals surface area contributed by atoms with Crippen molar-refractivity contribution in [1.82, 2.24) is 4.98 Å². The normalized spacial score (nSPS) is 10.7. The standard InChI is InChI=1S/C26H18N2O2S/c29-25(18-14-16-20(17-15-18)30-19-8-2-1-3-9-19)27-22-11-5-4-10-21(22)26-28-23-12-6-7-13-24(23)31-26/h1-17H,(H,27,29). The number of carbonyl (C=O) groups is 1. The predicted octanol–water partition coefficient (Wildman–Crippen LogP) is 7.01. The summed E-state index contributed by atoms with van der Waals surface area (Å²) in [5.41, 5.74) is 3.15. The summed E-state index contributed by atoms with van der Waals surface area (Å²) in [7, 11) is 0. The molecule has 4 nitrogen and oxygen atoms in total. The van der Waals surface area contributed by atoms with Gasteiger partial charge in [-0.2, -0.15) is 0 Å². The molecule has 4 aromatic carbocycles. The van der Waals surface area contributed by atoms with E-state index in [0.29, 0.717) is 11.3 Å². The van der Waals surface area contributed by atoms with Crippen LogP contribution in [-0.2, 0) is 0 Å². The Morgan fingerprint density at radius 3 is 2.23 bits per heavy atom. The number of nitrogens with one attached hydrogen (secondary N) is 1. The van der Waals surface area contributed by atoms with Gasteiger partial charge in [-0.25, -0.2) is 4.98 Å². The van der Waals surface area contributed by atoms with Gasteiger partial charge < -0.3 is 10.1 Å². The molecule has 0 radical (unpaired) electrons. The molecule has 1 N–H and O–H groups in total. The summed E-state index contributed by atoms with van der Waals surface area (Å²) in [6.07, 6.45) is 0. The number of amides is 1. The third-order valence-corrected chi connectivity index (χ3v) is 5.86. The van der Waals surface area contributed by atoms with Gasteiger partial charge in [0.2, 0.25) is 0 Å². The van der Waals surface area contributed by atoms with Crippen LogP contribution in [0.4, 0.5) is 5.69 Å². The fourth-order valence-corrected chi connectivity index (χ4v) is 4.26. The molecular formula is C26H18N2O2S. The molecule has 0 bridgehead atoms. The summed E-state index contributed by atoms with van der Waals surface area (Å²) >= 11 is 1.61. The van der Waals surface area contributed by atoms with Gasteiger partial charge in [-0.3, -0.25) is 4.79 Å². The van der Waals surface area contributed by atoms with E-state index >= 15 is 0 Å². The van der Waals surface area contributed by atoms with Crippen LogP contribution < -0.4 is 10.1 Å². The number of hydrogen-bond acceptors (Lipinski definition) is 4. The lowest BCUT2D eigenvalue weighted by Gasteiger charge is -2.10. The monoisotopic (exact) mass is 422 g/mol. The molecule has 0 atom stereocenters. The Morgan fingerprint density at radius 1 is 0.742 bits per heavy atom. The third-order valence-electron chi connectivity index (χ3n) is 4.79. The molecule has 0 unspecified atom stereocenters. The smallest absolute Gasteiger partial charge is 0.255 e. The van der Waals surface area contributed by atoms with Crippen LogP contribution in [0, 0.1) is 0 Å². The molecule has 5 heteroatoms. The molecule has 0 saturated heterocycles. The van der Waals surface area contributed by atoms with Crippen molar-refractivity contribution in [3.05, 3.63) is 109 Å². The maximum atomic E-state index is 12.9. The number of aromatic nitrogens is 1. The van der Waals surface area contributed by atoms with Gasteiger partial charge in [0.1, 0.15) is 16.5 Å². The summed E-state index contributed by atoms with van der Waals surface area (Å²) in [6, 6.07) is 32.4. The first-order chi connectivity index (χ1) is 15.3. The van der Waals surface area contributed by atoms with E-state index in [9.17, 15) is 4.79 Å². The fraction of sp³-hybridized carbons (Fsp3) is 0. The van der Waals surface area contributed by atoms with Gasteiger partial charge in [-0.05, 0) is 60.7 Å². The largest absolute Gasteiger partial charge is 0.457 e. The van der Waals surface area contributed by atoms with Crippen molar-refractivity contribution in [2.24, 2.45) is 0 Å². The summed E-state index contributed by atoms with van der Waals surface area (Å²) in [5, 5.41) is 3.90. The van der Waals surface area contributed by atoms with Crippen LogP contribution >= 0.6 is 11.3 Å². The Hall–Kier alpha value is -3.96. The first kappa shape index (κ1) is 19.0. The van der Waals surface area contributed by atoms with Crippen LogP contribution in [0.3, 0.4) is 0 Å². The number of fused-ring (bicyclic) bond motifs is 1. The summed E-state index contributed by atoms with van der Waals surface area (Å²) in [6.45, 7) is 0. The van der Waals surface area contributed by atoms with Crippen molar-refractivity contribution in [1.29, 1.82) is 0 Å². The van der Waals surface area contributed by atoms with Gasteiger partial charge in [0.05, 0.1) is 15.9 Å². The van der Waals surface area contributed by atoms with Gasteiger partial charge in [-0.15, -0.1) is 11.3 Å². The van der Waals surface area contributed by atoms with Crippen molar-refractivity contribution >= 4 is 33.1 Å². The Kier molecular flexibility index (Phi) is 5.17. The van der Waals surface area contributed by atoms with E-state index in [1.54, 1.807) is 35.6 Å². The molecule has 1 amide bonds. The Balaban J connectivity index is 1.36. The van der Waals surface area contributed by atoms with E-state index in [1.807, 2.05) is 72.8 Å². The number of benzene rings is 4. The zero-order valence-electron chi connectivity index (χ0n) is 16.5. The number of ether oxygens (including phenoxy) is 1. The van der Waals surface area contributed by atoms with E-state index in [1.165, 1.54) is 0 Å². The highest BCUT2D eigenvalue weighted by atomic mass is 32.1. The predicted molar refractivity (Wildman–Crippen MR) is 126 cm³/mol. The highest BCUT2D eigenvalue weighted by Crippen LogP contribution is 2.34. The molecule has 1 aromatic heterocycles. The number of thiazole rings is 1. The fourth-order valence-electron chi connectivity index (χ4n) is 3.26. The minimum absolute atomic E-state index is 0.181. The topological polar surface area (TPSA) is 51.2 Å². The van der Waals surface area contributed by atoms with Crippen LogP contribution in [0.5, 0.6) is 11.5 Å². The van der Waals surface area contributed by atoms with Crippen molar-refractivity contribution in [3.8, 4) is 22.1 Å². The molecule has 0 fully saturated rings. The summed E-state index contributed by atoms with van der Waals surface area (Å²) in [4.78, 5) is 17.6. The van der Waals surface area contributed by atoms with Gasteiger partial charge in [0, 0.05) is 11.1 Å². The van der Waals surface area contributed by atoms with Gasteiger partial charge in [0.25, 0.3) is 5.91 Å². The van der Waals surface area contributed by atoms with Crippen LogP contribution in [0.25, 0.3) is 20.8 Å². The van der Waals surface area contributed by atoms with E-state index in [4.69, 9.17) is 9.72 Å². The van der Waals surface area contributed by atoms with E-state index in [2.05, 4.69) is 11.4 Å². The van der Waals surface area contributed by atoms with Gasteiger partial charge in [-0.1, -0.05) is 42.5 Å². The van der Waals surface area contributed by atoms with Crippen LogP contribution in [0.2, 0.25) is 0 Å². The highest BCUT2D eigenvalue weighted by molar-refractivity contribution is 7.21. The molecule has 0 saturated carbocycles. The van der Waals surface area contributed by atoms with Crippen LogP contribution in [0.15, 0.2) is 103 Å². The number of rotatable bonds is 5. The van der Waals surface area contributed by atoms with Crippen LogP contribution in [-0.4, -0.2) is 10.9 Å². The number of hydrogen-bond donors (Lipinski definition) is 1. The lowest BCUT2D eigenvalue weighted by Crippen LogP contribution is -2.12. The molecule has 1 heterocycles. The van der Waals surface area contributed by atoms with Crippen molar-refractivity contribution in [2.75, 3.05) is 5.32 Å².